The highest BCUT2D eigenvalue weighted by Gasteiger charge is 2.31. The first-order valence-corrected chi connectivity index (χ1v) is 10.6. The van der Waals surface area contributed by atoms with Crippen LogP contribution in [0.4, 0.5) is 0 Å². The molecule has 4 rings (SSSR count). The molecule has 1 atom stereocenters. The number of carbonyl (C=O) groups excluding carboxylic acids is 2. The maximum absolute atomic E-state index is 13.1. The summed E-state index contributed by atoms with van der Waals surface area (Å²) in [5.41, 5.74) is -0.210. The smallest absolute Gasteiger partial charge is 0.291 e. The lowest BCUT2D eigenvalue weighted by atomic mass is 10.2. The molecule has 0 aliphatic heterocycles. The van der Waals surface area contributed by atoms with Gasteiger partial charge in [-0.25, -0.2) is 0 Å². The van der Waals surface area contributed by atoms with Gasteiger partial charge in [-0.1, -0.05) is 19.9 Å². The highest BCUT2D eigenvalue weighted by Crippen LogP contribution is 2.24. The van der Waals surface area contributed by atoms with Crippen molar-refractivity contribution in [2.45, 2.75) is 52.2 Å². The monoisotopic (exact) mass is 438 g/mol. The first-order chi connectivity index (χ1) is 15.3. The van der Waals surface area contributed by atoms with Crippen LogP contribution in [0.2, 0.25) is 0 Å². The van der Waals surface area contributed by atoms with Crippen molar-refractivity contribution in [3.63, 3.8) is 0 Å². The van der Waals surface area contributed by atoms with Gasteiger partial charge in [-0.15, -0.1) is 0 Å². The third-order valence-electron chi connectivity index (χ3n) is 5.30. The number of carbonyl (C=O) groups is 2. The fraction of sp³-hybridized carbons (Fsp3) is 0.409. The van der Waals surface area contributed by atoms with E-state index in [9.17, 15) is 19.5 Å². The van der Waals surface area contributed by atoms with E-state index >= 15 is 0 Å². The minimum atomic E-state index is -0.771. The van der Waals surface area contributed by atoms with Crippen LogP contribution in [0.15, 0.2) is 35.4 Å². The number of pyridine rings is 1. The van der Waals surface area contributed by atoms with E-state index in [1.54, 1.807) is 25.3 Å². The first-order valence-electron chi connectivity index (χ1n) is 10.6. The molecule has 2 amide bonds. The van der Waals surface area contributed by atoms with Crippen LogP contribution in [-0.4, -0.2) is 42.1 Å². The Hall–Kier alpha value is -3.69. The summed E-state index contributed by atoms with van der Waals surface area (Å²) in [5.74, 6) is -1.52. The molecule has 0 aromatic carbocycles. The predicted molar refractivity (Wildman–Crippen MR) is 117 cm³/mol. The molecule has 3 heterocycles. The van der Waals surface area contributed by atoms with Crippen LogP contribution < -0.4 is 16.2 Å². The molecule has 1 aliphatic carbocycles. The van der Waals surface area contributed by atoms with Gasteiger partial charge in [0.15, 0.2) is 11.2 Å². The molecule has 0 spiro atoms. The standard InChI is InChI=1S/C22H26N6O4/c1-12(2)11-27-20-15(18(29)25-13(3)16-6-4-5-9-23-16)10-24-28(20)22(32)17(21(27)31)19(30)26-14-7-8-14/h4-6,9-10,12-14,31H,7-8,11H2,1-3H3,(H,25,29)(H,26,30). The van der Waals surface area contributed by atoms with E-state index in [0.29, 0.717) is 5.69 Å². The summed E-state index contributed by atoms with van der Waals surface area (Å²) < 4.78 is 2.41. The Morgan fingerprint density at radius 1 is 1.22 bits per heavy atom. The highest BCUT2D eigenvalue weighted by atomic mass is 16.3. The molecule has 1 aliphatic rings. The number of nitrogens with zero attached hydrogens (tertiary/aromatic N) is 4. The molecular weight excluding hydrogens is 412 g/mol. The summed E-state index contributed by atoms with van der Waals surface area (Å²) in [6, 6.07) is 5.04. The molecule has 10 nitrogen and oxygen atoms in total. The number of nitrogens with one attached hydrogen (secondary N) is 2. The number of rotatable bonds is 7. The lowest BCUT2D eigenvalue weighted by Gasteiger charge is -2.18. The maximum atomic E-state index is 13.1. The molecule has 1 fully saturated rings. The Labute approximate surface area is 184 Å². The first kappa shape index (κ1) is 21.5. The van der Waals surface area contributed by atoms with E-state index in [1.165, 1.54) is 10.8 Å². The Morgan fingerprint density at radius 2 is 1.97 bits per heavy atom. The molecule has 1 unspecified atom stereocenters. The topological polar surface area (TPSA) is 131 Å². The average Bonchev–Trinajstić information content (AvgIpc) is 3.45. The fourth-order valence-electron chi connectivity index (χ4n) is 3.55. The van der Waals surface area contributed by atoms with E-state index < -0.39 is 23.3 Å². The van der Waals surface area contributed by atoms with Crippen LogP contribution in [-0.2, 0) is 6.54 Å². The van der Waals surface area contributed by atoms with Crippen molar-refractivity contribution < 1.29 is 14.7 Å². The van der Waals surface area contributed by atoms with Gasteiger partial charge >= 0.3 is 0 Å². The molecule has 0 radical (unpaired) electrons. The minimum Gasteiger partial charge on any atom is -0.494 e. The number of hydrogen-bond donors (Lipinski definition) is 3. The molecule has 1 saturated carbocycles. The molecule has 32 heavy (non-hydrogen) atoms. The van der Waals surface area contributed by atoms with Crippen molar-refractivity contribution >= 4 is 17.5 Å². The van der Waals surface area contributed by atoms with Gasteiger partial charge in [0.25, 0.3) is 17.4 Å². The van der Waals surface area contributed by atoms with E-state index in [0.717, 1.165) is 17.4 Å². The van der Waals surface area contributed by atoms with Crippen LogP contribution in [0.1, 0.15) is 66.1 Å². The number of aromatic hydroxyl groups is 1. The van der Waals surface area contributed by atoms with Crippen molar-refractivity contribution in [3.8, 4) is 5.88 Å². The van der Waals surface area contributed by atoms with Crippen molar-refractivity contribution in [2.24, 2.45) is 5.92 Å². The van der Waals surface area contributed by atoms with Crippen LogP contribution in [0.3, 0.4) is 0 Å². The summed E-state index contributed by atoms with van der Waals surface area (Å²) in [4.78, 5) is 43.0. The molecule has 10 heteroatoms. The van der Waals surface area contributed by atoms with Gasteiger partial charge in [-0.3, -0.25) is 23.9 Å². The number of hydrogen-bond acceptors (Lipinski definition) is 6. The lowest BCUT2D eigenvalue weighted by Crippen LogP contribution is -2.35. The summed E-state index contributed by atoms with van der Waals surface area (Å²) in [5, 5.41) is 20.6. The molecule has 168 valence electrons. The molecule has 3 N–H and O–H groups in total. The third-order valence-corrected chi connectivity index (χ3v) is 5.30. The zero-order valence-corrected chi connectivity index (χ0v) is 18.2. The zero-order chi connectivity index (χ0) is 23.0. The average molecular weight is 438 g/mol. The van der Waals surface area contributed by atoms with Gasteiger partial charge in [0.05, 0.1) is 17.9 Å². The summed E-state index contributed by atoms with van der Waals surface area (Å²) in [6.45, 7) is 5.93. The van der Waals surface area contributed by atoms with E-state index in [4.69, 9.17) is 0 Å². The Morgan fingerprint density at radius 3 is 2.59 bits per heavy atom. The number of fused-ring (bicyclic) bond motifs is 1. The SMILES string of the molecule is CC(C)Cn1c(O)c(C(=O)NC2CC2)c(=O)n2ncc(C(=O)NC(C)c3ccccn3)c12. The van der Waals surface area contributed by atoms with Crippen LogP contribution in [0.5, 0.6) is 5.88 Å². The number of aromatic nitrogens is 4. The zero-order valence-electron chi connectivity index (χ0n) is 18.2. The molecule has 0 saturated heterocycles. The van der Waals surface area contributed by atoms with Gasteiger partial charge in [0.2, 0.25) is 5.88 Å². The van der Waals surface area contributed by atoms with Crippen LogP contribution in [0.25, 0.3) is 5.65 Å². The summed E-state index contributed by atoms with van der Waals surface area (Å²) in [6.07, 6.45) is 4.60. The Kier molecular flexibility index (Phi) is 5.68. The molecular formula is C22H26N6O4. The van der Waals surface area contributed by atoms with Crippen molar-refractivity contribution in [3.05, 3.63) is 57.8 Å². The van der Waals surface area contributed by atoms with Gasteiger partial charge < -0.3 is 15.7 Å². The van der Waals surface area contributed by atoms with Crippen molar-refractivity contribution in [2.75, 3.05) is 0 Å². The van der Waals surface area contributed by atoms with E-state index in [2.05, 4.69) is 20.7 Å². The molecule has 0 bridgehead atoms. The van der Waals surface area contributed by atoms with Gasteiger partial charge in [0.1, 0.15) is 5.56 Å². The Balaban J connectivity index is 1.78. The second-order valence-corrected chi connectivity index (χ2v) is 8.50. The fourth-order valence-corrected chi connectivity index (χ4v) is 3.55. The van der Waals surface area contributed by atoms with E-state index in [-0.39, 0.29) is 41.3 Å². The normalized spacial score (nSPS) is 14.5. The maximum Gasteiger partial charge on any atom is 0.291 e. The van der Waals surface area contributed by atoms with Gasteiger partial charge in [0, 0.05) is 18.8 Å². The van der Waals surface area contributed by atoms with Gasteiger partial charge in [-0.2, -0.15) is 9.61 Å². The second kappa shape index (κ2) is 8.45. The molecule has 3 aromatic heterocycles. The quantitative estimate of drug-likeness (QED) is 0.514. The predicted octanol–water partition coefficient (Wildman–Crippen LogP) is 1.64. The second-order valence-electron chi connectivity index (χ2n) is 8.50. The van der Waals surface area contributed by atoms with Crippen molar-refractivity contribution in [1.29, 1.82) is 0 Å². The number of amides is 2. The largest absolute Gasteiger partial charge is 0.494 e. The minimum absolute atomic E-state index is 0.0163. The Bertz CT molecular complexity index is 1230. The van der Waals surface area contributed by atoms with Crippen LogP contribution in [0, 0.1) is 5.92 Å². The summed E-state index contributed by atoms with van der Waals surface area (Å²) in [7, 11) is 0. The van der Waals surface area contributed by atoms with Crippen molar-refractivity contribution in [1.82, 2.24) is 29.8 Å². The van der Waals surface area contributed by atoms with Crippen LogP contribution >= 0.6 is 0 Å². The highest BCUT2D eigenvalue weighted by molar-refractivity contribution is 6.01. The summed E-state index contributed by atoms with van der Waals surface area (Å²) >= 11 is 0. The van der Waals surface area contributed by atoms with E-state index in [1.807, 2.05) is 19.9 Å². The van der Waals surface area contributed by atoms with Gasteiger partial charge in [-0.05, 0) is 37.8 Å². The molecule has 3 aromatic rings. The lowest BCUT2D eigenvalue weighted by molar-refractivity contribution is 0.0935. The third kappa shape index (κ3) is 4.08.